The lowest BCUT2D eigenvalue weighted by Crippen LogP contribution is -2.44. The first-order valence-corrected chi connectivity index (χ1v) is 9.09. The van der Waals surface area contributed by atoms with Crippen molar-refractivity contribution < 1.29 is 4.79 Å². The van der Waals surface area contributed by atoms with Crippen molar-refractivity contribution in [2.45, 2.75) is 90.5 Å². The summed E-state index contributed by atoms with van der Waals surface area (Å²) in [5.74, 6) is 0.682. The standard InChI is InChI=1S/C18H34N2O/c1-18(2)12-10-15(11-13-18)14-19-17(21)20-16-8-6-4-3-5-7-9-16/h15-16H,3-14H2,1-2H3,(H2,19,20,21). The van der Waals surface area contributed by atoms with Crippen LogP contribution in [0.25, 0.3) is 0 Å². The van der Waals surface area contributed by atoms with E-state index in [2.05, 4.69) is 24.5 Å². The van der Waals surface area contributed by atoms with E-state index < -0.39 is 0 Å². The van der Waals surface area contributed by atoms with Gasteiger partial charge in [0.05, 0.1) is 0 Å². The van der Waals surface area contributed by atoms with Gasteiger partial charge in [-0.15, -0.1) is 0 Å². The molecule has 2 aliphatic carbocycles. The number of hydrogen-bond donors (Lipinski definition) is 2. The number of rotatable bonds is 3. The lowest BCUT2D eigenvalue weighted by molar-refractivity contribution is 0.186. The highest BCUT2D eigenvalue weighted by Crippen LogP contribution is 2.37. The molecule has 2 amide bonds. The minimum absolute atomic E-state index is 0.0606. The number of amides is 2. The average Bonchev–Trinajstić information content (AvgIpc) is 2.40. The van der Waals surface area contributed by atoms with Crippen LogP contribution in [-0.2, 0) is 0 Å². The van der Waals surface area contributed by atoms with Crippen LogP contribution in [-0.4, -0.2) is 18.6 Å². The van der Waals surface area contributed by atoms with E-state index in [9.17, 15) is 4.79 Å². The van der Waals surface area contributed by atoms with Gasteiger partial charge in [0.25, 0.3) is 0 Å². The Morgan fingerprint density at radius 1 is 0.952 bits per heavy atom. The molecule has 0 aromatic heterocycles. The van der Waals surface area contributed by atoms with Crippen molar-refractivity contribution in [2.24, 2.45) is 11.3 Å². The van der Waals surface area contributed by atoms with E-state index in [-0.39, 0.29) is 6.03 Å². The van der Waals surface area contributed by atoms with E-state index in [1.165, 1.54) is 57.8 Å². The van der Waals surface area contributed by atoms with E-state index >= 15 is 0 Å². The van der Waals surface area contributed by atoms with Crippen LogP contribution in [0, 0.1) is 11.3 Å². The van der Waals surface area contributed by atoms with Gasteiger partial charge >= 0.3 is 6.03 Å². The highest BCUT2D eigenvalue weighted by Gasteiger charge is 2.26. The predicted molar refractivity (Wildman–Crippen MR) is 88.4 cm³/mol. The Balaban J connectivity index is 1.63. The van der Waals surface area contributed by atoms with Crippen molar-refractivity contribution in [3.63, 3.8) is 0 Å². The van der Waals surface area contributed by atoms with Crippen LogP contribution in [0.3, 0.4) is 0 Å². The number of carbonyl (C=O) groups excluding carboxylic acids is 1. The fourth-order valence-electron chi connectivity index (χ4n) is 3.74. The molecule has 0 aliphatic heterocycles. The first-order chi connectivity index (χ1) is 10.1. The molecule has 0 radical (unpaired) electrons. The van der Waals surface area contributed by atoms with Gasteiger partial charge in [-0.1, -0.05) is 46.0 Å². The van der Waals surface area contributed by atoms with Gasteiger partial charge < -0.3 is 10.6 Å². The summed E-state index contributed by atoms with van der Waals surface area (Å²) in [5.41, 5.74) is 0.512. The minimum Gasteiger partial charge on any atom is -0.338 e. The topological polar surface area (TPSA) is 41.1 Å². The first-order valence-electron chi connectivity index (χ1n) is 9.09. The van der Waals surface area contributed by atoms with E-state index in [0.717, 1.165) is 19.4 Å². The smallest absolute Gasteiger partial charge is 0.315 e. The van der Waals surface area contributed by atoms with E-state index in [1.54, 1.807) is 0 Å². The van der Waals surface area contributed by atoms with E-state index in [1.807, 2.05) is 0 Å². The number of carbonyl (C=O) groups is 1. The van der Waals surface area contributed by atoms with Gasteiger partial charge in [-0.05, 0) is 49.9 Å². The molecule has 0 unspecified atom stereocenters. The third-order valence-electron chi connectivity index (χ3n) is 5.45. The monoisotopic (exact) mass is 294 g/mol. The highest BCUT2D eigenvalue weighted by atomic mass is 16.2. The van der Waals surface area contributed by atoms with Crippen molar-refractivity contribution >= 4 is 6.03 Å². The molecule has 0 aromatic rings. The number of nitrogens with one attached hydrogen (secondary N) is 2. The summed E-state index contributed by atoms with van der Waals surface area (Å²) in [6.07, 6.45) is 14.0. The second-order valence-electron chi connectivity index (χ2n) is 8.00. The molecule has 3 heteroatoms. The second kappa shape index (κ2) is 8.05. The maximum Gasteiger partial charge on any atom is 0.315 e. The molecule has 0 saturated heterocycles. The molecule has 2 fully saturated rings. The van der Waals surface area contributed by atoms with Crippen molar-refractivity contribution in [1.29, 1.82) is 0 Å². The van der Waals surface area contributed by atoms with E-state index in [4.69, 9.17) is 0 Å². The lowest BCUT2D eigenvalue weighted by atomic mass is 9.73. The van der Waals surface area contributed by atoms with Crippen LogP contribution in [0.2, 0.25) is 0 Å². The summed E-state index contributed by atoms with van der Waals surface area (Å²) in [6, 6.07) is 0.459. The molecule has 0 atom stereocenters. The summed E-state index contributed by atoms with van der Waals surface area (Å²) < 4.78 is 0. The molecular weight excluding hydrogens is 260 g/mol. The summed E-state index contributed by atoms with van der Waals surface area (Å²) >= 11 is 0. The van der Waals surface area contributed by atoms with Crippen molar-refractivity contribution in [3.05, 3.63) is 0 Å². The Morgan fingerprint density at radius 2 is 1.52 bits per heavy atom. The molecular formula is C18H34N2O. The SMILES string of the molecule is CC1(C)CCC(CNC(=O)NC2CCCCCCC2)CC1. The molecule has 2 saturated carbocycles. The Bertz CT molecular complexity index is 309. The third-order valence-corrected chi connectivity index (χ3v) is 5.45. The van der Waals surface area contributed by atoms with Crippen LogP contribution in [0.1, 0.15) is 84.5 Å². The largest absolute Gasteiger partial charge is 0.338 e. The van der Waals surface area contributed by atoms with Gasteiger partial charge in [0, 0.05) is 12.6 Å². The molecule has 21 heavy (non-hydrogen) atoms. The summed E-state index contributed by atoms with van der Waals surface area (Å²) in [7, 11) is 0. The first kappa shape index (κ1) is 16.6. The predicted octanol–water partition coefficient (Wildman–Crippen LogP) is 4.61. The molecule has 3 nitrogen and oxygen atoms in total. The fraction of sp³-hybridized carbons (Fsp3) is 0.944. The van der Waals surface area contributed by atoms with Crippen LogP contribution in [0.15, 0.2) is 0 Å². The molecule has 122 valence electrons. The summed E-state index contributed by atoms with van der Waals surface area (Å²) in [6.45, 7) is 5.57. The molecule has 2 N–H and O–H groups in total. The van der Waals surface area contributed by atoms with Crippen LogP contribution in [0.5, 0.6) is 0 Å². The van der Waals surface area contributed by atoms with Gasteiger partial charge in [-0.2, -0.15) is 0 Å². The number of hydrogen-bond acceptors (Lipinski definition) is 1. The Kier molecular flexibility index (Phi) is 6.38. The van der Waals surface area contributed by atoms with Crippen molar-refractivity contribution in [1.82, 2.24) is 10.6 Å². The van der Waals surface area contributed by atoms with Gasteiger partial charge in [0.15, 0.2) is 0 Å². The van der Waals surface area contributed by atoms with Crippen LogP contribution in [0.4, 0.5) is 4.79 Å². The Morgan fingerprint density at radius 3 is 2.14 bits per heavy atom. The maximum atomic E-state index is 12.1. The normalized spacial score (nSPS) is 24.9. The van der Waals surface area contributed by atoms with Crippen LogP contribution < -0.4 is 10.6 Å². The van der Waals surface area contributed by atoms with Gasteiger partial charge in [-0.3, -0.25) is 0 Å². The summed E-state index contributed by atoms with van der Waals surface area (Å²) in [5, 5.41) is 6.31. The molecule has 0 bridgehead atoms. The fourth-order valence-corrected chi connectivity index (χ4v) is 3.74. The number of urea groups is 1. The second-order valence-corrected chi connectivity index (χ2v) is 8.00. The van der Waals surface area contributed by atoms with Crippen molar-refractivity contribution in [3.8, 4) is 0 Å². The molecule has 2 rings (SSSR count). The zero-order chi connectivity index (χ0) is 15.1. The lowest BCUT2D eigenvalue weighted by Gasteiger charge is -2.34. The highest BCUT2D eigenvalue weighted by molar-refractivity contribution is 5.74. The summed E-state index contributed by atoms with van der Waals surface area (Å²) in [4.78, 5) is 12.1. The van der Waals surface area contributed by atoms with Crippen molar-refractivity contribution in [2.75, 3.05) is 6.54 Å². The van der Waals surface area contributed by atoms with Gasteiger partial charge in [0.2, 0.25) is 0 Å². The molecule has 0 aromatic carbocycles. The Labute approximate surface area is 130 Å². The maximum absolute atomic E-state index is 12.1. The zero-order valence-corrected chi connectivity index (χ0v) is 14.0. The van der Waals surface area contributed by atoms with E-state index in [0.29, 0.717) is 17.4 Å². The third kappa shape index (κ3) is 6.27. The Hall–Kier alpha value is -0.730. The molecule has 0 spiro atoms. The molecule has 2 aliphatic rings. The molecule has 0 heterocycles. The van der Waals surface area contributed by atoms with Gasteiger partial charge in [0.1, 0.15) is 0 Å². The van der Waals surface area contributed by atoms with Gasteiger partial charge in [-0.25, -0.2) is 4.79 Å². The van der Waals surface area contributed by atoms with Crippen LogP contribution >= 0.6 is 0 Å². The quantitative estimate of drug-likeness (QED) is 0.784. The average molecular weight is 294 g/mol. The minimum atomic E-state index is 0.0606. The zero-order valence-electron chi connectivity index (χ0n) is 14.0.